The topological polar surface area (TPSA) is 80.9 Å². The van der Waals surface area contributed by atoms with Crippen LogP contribution in [0.2, 0.25) is 0 Å². The molecule has 0 aliphatic heterocycles. The number of hydrogen-bond donors (Lipinski definition) is 2. The van der Waals surface area contributed by atoms with E-state index in [9.17, 15) is 9.18 Å². The van der Waals surface area contributed by atoms with Crippen molar-refractivity contribution >= 4 is 39.0 Å². The number of rotatable bonds is 2. The van der Waals surface area contributed by atoms with Crippen molar-refractivity contribution in [2.75, 3.05) is 11.1 Å². The first-order valence-electron chi connectivity index (χ1n) is 5.70. The maximum absolute atomic E-state index is 13.7. The van der Waals surface area contributed by atoms with Crippen molar-refractivity contribution in [3.8, 4) is 0 Å². The normalized spacial score (nSPS) is 10.7. The number of nitrogens with zero attached hydrogens (tertiary/aromatic N) is 2. The quantitative estimate of drug-likeness (QED) is 0.759. The summed E-state index contributed by atoms with van der Waals surface area (Å²) in [6.07, 6.45) is 1.29. The first-order valence-corrected chi connectivity index (χ1v) is 6.57. The van der Waals surface area contributed by atoms with Crippen LogP contribution in [-0.2, 0) is 0 Å². The summed E-state index contributed by atoms with van der Waals surface area (Å²) in [4.78, 5) is 19.7. The average Bonchev–Trinajstić information content (AvgIpc) is 2.89. The SMILES string of the molecule is Nc1nccc(C(=O)Nc2ccc3ncsc3c2)c1F. The smallest absolute Gasteiger partial charge is 0.258 e. The highest BCUT2D eigenvalue weighted by Crippen LogP contribution is 2.22. The van der Waals surface area contributed by atoms with Crippen molar-refractivity contribution in [1.29, 1.82) is 0 Å². The molecule has 0 atom stereocenters. The van der Waals surface area contributed by atoms with Gasteiger partial charge in [-0.05, 0) is 24.3 Å². The van der Waals surface area contributed by atoms with E-state index in [1.54, 1.807) is 23.7 Å². The van der Waals surface area contributed by atoms with E-state index in [0.29, 0.717) is 5.69 Å². The third-order valence-electron chi connectivity index (χ3n) is 2.75. The third-order valence-corrected chi connectivity index (χ3v) is 3.54. The van der Waals surface area contributed by atoms with E-state index in [4.69, 9.17) is 5.73 Å². The molecule has 7 heteroatoms. The second kappa shape index (κ2) is 4.86. The zero-order chi connectivity index (χ0) is 14.1. The molecule has 2 heterocycles. The first kappa shape index (κ1) is 12.5. The molecule has 3 N–H and O–H groups in total. The lowest BCUT2D eigenvalue weighted by Crippen LogP contribution is -2.15. The molecule has 0 unspecified atom stereocenters. The van der Waals surface area contributed by atoms with Crippen molar-refractivity contribution in [2.45, 2.75) is 0 Å². The number of carbonyl (C=O) groups excluding carboxylic acids is 1. The van der Waals surface area contributed by atoms with Crippen LogP contribution < -0.4 is 11.1 Å². The Balaban J connectivity index is 1.90. The van der Waals surface area contributed by atoms with Crippen LogP contribution in [0.1, 0.15) is 10.4 Å². The number of hydrogen-bond acceptors (Lipinski definition) is 5. The number of anilines is 2. The average molecular weight is 288 g/mol. The fourth-order valence-corrected chi connectivity index (χ4v) is 2.48. The van der Waals surface area contributed by atoms with Crippen molar-refractivity contribution in [2.24, 2.45) is 0 Å². The number of carbonyl (C=O) groups is 1. The van der Waals surface area contributed by atoms with Crippen LogP contribution in [0, 0.1) is 5.82 Å². The summed E-state index contributed by atoms with van der Waals surface area (Å²) in [5, 5.41) is 2.62. The van der Waals surface area contributed by atoms with Crippen molar-refractivity contribution in [1.82, 2.24) is 9.97 Å². The lowest BCUT2D eigenvalue weighted by atomic mass is 10.2. The molecule has 0 radical (unpaired) electrons. The Morgan fingerprint density at radius 2 is 2.15 bits per heavy atom. The summed E-state index contributed by atoms with van der Waals surface area (Å²) >= 11 is 1.46. The van der Waals surface area contributed by atoms with Crippen molar-refractivity contribution in [3.63, 3.8) is 0 Å². The molecule has 0 aliphatic rings. The summed E-state index contributed by atoms with van der Waals surface area (Å²) in [6.45, 7) is 0. The standard InChI is InChI=1S/C13H9FN4OS/c14-11-8(3-4-16-12(11)15)13(19)18-7-1-2-9-10(5-7)20-6-17-9/h1-6H,(H2,15,16)(H,18,19). The minimum atomic E-state index is -0.816. The molecule has 0 bridgehead atoms. The fourth-order valence-electron chi connectivity index (χ4n) is 1.77. The summed E-state index contributed by atoms with van der Waals surface area (Å²) < 4.78 is 14.6. The molecular formula is C13H9FN4OS. The number of nitrogens with two attached hydrogens (primary N) is 1. The highest BCUT2D eigenvalue weighted by atomic mass is 32.1. The van der Waals surface area contributed by atoms with E-state index in [1.807, 2.05) is 0 Å². The van der Waals surface area contributed by atoms with Gasteiger partial charge in [0.05, 0.1) is 21.3 Å². The van der Waals surface area contributed by atoms with Gasteiger partial charge in [-0.3, -0.25) is 4.79 Å². The van der Waals surface area contributed by atoms with Gasteiger partial charge < -0.3 is 11.1 Å². The van der Waals surface area contributed by atoms with Crippen molar-refractivity contribution in [3.05, 3.63) is 47.4 Å². The number of fused-ring (bicyclic) bond motifs is 1. The Labute approximate surface area is 117 Å². The summed E-state index contributed by atoms with van der Waals surface area (Å²) in [6, 6.07) is 6.57. The van der Waals surface area contributed by atoms with Gasteiger partial charge in [-0.15, -0.1) is 11.3 Å². The lowest BCUT2D eigenvalue weighted by Gasteiger charge is -2.06. The van der Waals surface area contributed by atoms with Crippen LogP contribution in [0.15, 0.2) is 36.0 Å². The number of aromatic nitrogens is 2. The molecular weight excluding hydrogens is 279 g/mol. The number of thiazole rings is 1. The second-order valence-corrected chi connectivity index (χ2v) is 4.93. The van der Waals surface area contributed by atoms with Gasteiger partial charge in [-0.2, -0.15) is 0 Å². The van der Waals surface area contributed by atoms with Gasteiger partial charge in [0.25, 0.3) is 5.91 Å². The van der Waals surface area contributed by atoms with Gasteiger partial charge in [0.2, 0.25) is 0 Å². The molecule has 0 aliphatic carbocycles. The van der Waals surface area contributed by atoms with E-state index in [2.05, 4.69) is 15.3 Å². The van der Waals surface area contributed by atoms with Crippen LogP contribution in [0.25, 0.3) is 10.2 Å². The lowest BCUT2D eigenvalue weighted by molar-refractivity contribution is 0.102. The molecule has 0 saturated carbocycles. The molecule has 0 fully saturated rings. The van der Waals surface area contributed by atoms with Gasteiger partial charge in [-0.1, -0.05) is 0 Å². The number of benzene rings is 1. The van der Waals surface area contributed by atoms with Crippen LogP contribution in [0.5, 0.6) is 0 Å². The highest BCUT2D eigenvalue weighted by molar-refractivity contribution is 7.16. The molecule has 1 aromatic carbocycles. The minimum Gasteiger partial charge on any atom is -0.381 e. The van der Waals surface area contributed by atoms with Crippen molar-refractivity contribution < 1.29 is 9.18 Å². The van der Waals surface area contributed by atoms with E-state index < -0.39 is 11.7 Å². The van der Waals surface area contributed by atoms with Crippen LogP contribution >= 0.6 is 11.3 Å². The van der Waals surface area contributed by atoms with Gasteiger partial charge in [-0.25, -0.2) is 14.4 Å². The fraction of sp³-hybridized carbons (Fsp3) is 0. The molecule has 100 valence electrons. The molecule has 0 saturated heterocycles. The molecule has 20 heavy (non-hydrogen) atoms. The van der Waals surface area contributed by atoms with Gasteiger partial charge in [0, 0.05) is 11.9 Å². The predicted molar refractivity (Wildman–Crippen MR) is 76.2 cm³/mol. The molecule has 1 amide bonds. The molecule has 2 aromatic heterocycles. The summed E-state index contributed by atoms with van der Waals surface area (Å²) in [5.41, 5.74) is 8.35. The molecule has 3 rings (SSSR count). The van der Waals surface area contributed by atoms with E-state index in [0.717, 1.165) is 10.2 Å². The number of amides is 1. The summed E-state index contributed by atoms with van der Waals surface area (Å²) in [7, 11) is 0. The first-order chi connectivity index (χ1) is 9.65. The number of halogens is 1. The minimum absolute atomic E-state index is 0.137. The summed E-state index contributed by atoms with van der Waals surface area (Å²) in [5.74, 6) is -1.68. The monoisotopic (exact) mass is 288 g/mol. The van der Waals surface area contributed by atoms with Crippen LogP contribution in [0.4, 0.5) is 15.9 Å². The Morgan fingerprint density at radius 1 is 1.30 bits per heavy atom. The van der Waals surface area contributed by atoms with Crippen LogP contribution in [0.3, 0.4) is 0 Å². The zero-order valence-electron chi connectivity index (χ0n) is 10.1. The van der Waals surface area contributed by atoms with Crippen LogP contribution in [-0.4, -0.2) is 15.9 Å². The highest BCUT2D eigenvalue weighted by Gasteiger charge is 2.14. The maximum atomic E-state index is 13.7. The Hall–Kier alpha value is -2.54. The van der Waals surface area contributed by atoms with E-state index >= 15 is 0 Å². The van der Waals surface area contributed by atoms with E-state index in [1.165, 1.54) is 23.6 Å². The van der Waals surface area contributed by atoms with E-state index in [-0.39, 0.29) is 11.4 Å². The second-order valence-electron chi connectivity index (χ2n) is 4.05. The van der Waals surface area contributed by atoms with Gasteiger partial charge in [0.15, 0.2) is 11.6 Å². The number of pyridine rings is 1. The molecule has 3 aromatic rings. The molecule has 0 spiro atoms. The number of nitrogen functional groups attached to an aromatic ring is 1. The Morgan fingerprint density at radius 3 is 3.00 bits per heavy atom. The maximum Gasteiger partial charge on any atom is 0.258 e. The van der Waals surface area contributed by atoms with Gasteiger partial charge >= 0.3 is 0 Å². The Kier molecular flexibility index (Phi) is 3.03. The Bertz CT molecular complexity index is 802. The number of nitrogens with one attached hydrogen (secondary N) is 1. The predicted octanol–water partition coefficient (Wildman–Crippen LogP) is 2.66. The third kappa shape index (κ3) is 2.19. The zero-order valence-corrected chi connectivity index (χ0v) is 10.9. The largest absolute Gasteiger partial charge is 0.381 e. The molecule has 5 nitrogen and oxygen atoms in total. The van der Waals surface area contributed by atoms with Gasteiger partial charge in [0.1, 0.15) is 0 Å².